The summed E-state index contributed by atoms with van der Waals surface area (Å²) in [6.07, 6.45) is -4.26. The largest absolute Gasteiger partial charge is 0.490 e. The molecular weight excluding hydrogens is 464 g/mol. The summed E-state index contributed by atoms with van der Waals surface area (Å²) in [5.41, 5.74) is 1.14. The Balaban J connectivity index is 2.17. The second-order valence-electron chi connectivity index (χ2n) is 7.02. The molecule has 2 rings (SSSR count). The van der Waals surface area contributed by atoms with Crippen LogP contribution in [0.5, 0.6) is 11.5 Å². The average Bonchev–Trinajstić information content (AvgIpc) is 2.67. The Labute approximate surface area is 188 Å². The highest BCUT2D eigenvalue weighted by atomic mass is 35.5. The van der Waals surface area contributed by atoms with E-state index in [1.54, 1.807) is 24.3 Å². The molecule has 0 saturated heterocycles. The molecule has 0 atom stereocenters. The van der Waals surface area contributed by atoms with Crippen molar-refractivity contribution >= 4 is 40.6 Å². The summed E-state index contributed by atoms with van der Waals surface area (Å²) in [6, 6.07) is 9.95. The number of benzene rings is 2. The molecule has 0 aliphatic heterocycles. The molecule has 0 heterocycles. The first-order chi connectivity index (χ1) is 14.0. The van der Waals surface area contributed by atoms with Crippen LogP contribution < -0.4 is 9.47 Å². The first-order valence-corrected chi connectivity index (χ1v) is 10.3. The third-order valence-corrected chi connectivity index (χ3v) is 5.34. The van der Waals surface area contributed by atoms with E-state index in [0.717, 1.165) is 11.1 Å². The van der Waals surface area contributed by atoms with Gasteiger partial charge in [0.25, 0.3) is 5.78 Å². The second-order valence-corrected chi connectivity index (χ2v) is 8.21. The first-order valence-electron chi connectivity index (χ1n) is 8.98. The number of hydrogen-bond acceptors (Lipinski definition) is 3. The van der Waals surface area contributed by atoms with Crippen LogP contribution in [0.15, 0.2) is 36.4 Å². The molecule has 0 aliphatic rings. The third-order valence-electron chi connectivity index (χ3n) is 4.51. The Morgan fingerprint density at radius 3 is 2.03 bits per heavy atom. The number of alkyl halides is 4. The van der Waals surface area contributed by atoms with Crippen molar-refractivity contribution in [3.8, 4) is 11.5 Å². The van der Waals surface area contributed by atoms with E-state index in [1.807, 2.05) is 13.8 Å². The minimum atomic E-state index is -4.92. The van der Waals surface area contributed by atoms with Crippen molar-refractivity contribution in [2.24, 2.45) is 0 Å². The molecule has 3 nitrogen and oxygen atoms in total. The van der Waals surface area contributed by atoms with Crippen molar-refractivity contribution in [2.45, 2.75) is 31.9 Å². The van der Waals surface area contributed by atoms with Gasteiger partial charge in [-0.05, 0) is 41.8 Å². The Morgan fingerprint density at radius 2 is 1.53 bits per heavy atom. The van der Waals surface area contributed by atoms with E-state index >= 15 is 0 Å². The van der Waals surface area contributed by atoms with E-state index in [-0.39, 0.29) is 5.75 Å². The Kier molecular flexibility index (Phi) is 8.31. The van der Waals surface area contributed by atoms with Gasteiger partial charge >= 0.3 is 6.18 Å². The van der Waals surface area contributed by atoms with E-state index in [4.69, 9.17) is 44.3 Å². The molecule has 0 N–H and O–H groups in total. The van der Waals surface area contributed by atoms with Gasteiger partial charge < -0.3 is 9.47 Å². The van der Waals surface area contributed by atoms with Gasteiger partial charge in [-0.3, -0.25) is 4.79 Å². The lowest BCUT2D eigenvalue weighted by atomic mass is 9.78. The van der Waals surface area contributed by atoms with Gasteiger partial charge in [-0.25, -0.2) is 0 Å². The Morgan fingerprint density at radius 1 is 0.967 bits per heavy atom. The lowest BCUT2D eigenvalue weighted by Gasteiger charge is -2.27. The van der Waals surface area contributed by atoms with Crippen molar-refractivity contribution in [3.05, 3.63) is 57.6 Å². The summed E-state index contributed by atoms with van der Waals surface area (Å²) in [5.74, 6) is -0.929. The van der Waals surface area contributed by atoms with Crippen molar-refractivity contribution in [1.82, 2.24) is 0 Å². The van der Waals surface area contributed by atoms with Crippen LogP contribution in [0.3, 0.4) is 0 Å². The minimum Gasteiger partial charge on any atom is -0.490 e. The van der Waals surface area contributed by atoms with Crippen molar-refractivity contribution < 1.29 is 27.4 Å². The monoisotopic (exact) mass is 482 g/mol. The van der Waals surface area contributed by atoms with Gasteiger partial charge in [-0.2, -0.15) is 13.2 Å². The highest BCUT2D eigenvalue weighted by Gasteiger charge is 2.38. The maximum Gasteiger partial charge on any atom is 0.453 e. The summed E-state index contributed by atoms with van der Waals surface area (Å²) in [7, 11) is 0. The summed E-state index contributed by atoms with van der Waals surface area (Å²) >= 11 is 18.4. The Hall–Kier alpha value is -1.63. The molecule has 0 aliphatic carbocycles. The summed E-state index contributed by atoms with van der Waals surface area (Å²) in [5, 5.41) is 0.733. The van der Waals surface area contributed by atoms with Crippen LogP contribution in [0.4, 0.5) is 13.2 Å². The lowest BCUT2D eigenvalue weighted by Crippen LogP contribution is -2.28. The molecule has 0 unspecified atom stereocenters. The zero-order valence-corrected chi connectivity index (χ0v) is 18.6. The zero-order chi connectivity index (χ0) is 22.5. The number of carbonyl (C=O) groups excluding carboxylic acids is 1. The first kappa shape index (κ1) is 24.6. The fraction of sp³-hybridized carbons (Fsp3) is 0.381. The zero-order valence-electron chi connectivity index (χ0n) is 16.3. The summed E-state index contributed by atoms with van der Waals surface area (Å²) < 4.78 is 47.3. The fourth-order valence-corrected chi connectivity index (χ4v) is 3.36. The average molecular weight is 484 g/mol. The van der Waals surface area contributed by atoms with E-state index in [1.165, 1.54) is 12.1 Å². The number of ether oxygens (including phenoxy) is 2. The second kappa shape index (κ2) is 10.1. The molecule has 30 heavy (non-hydrogen) atoms. The van der Waals surface area contributed by atoms with E-state index in [0.29, 0.717) is 34.7 Å². The smallest absolute Gasteiger partial charge is 0.453 e. The standard InChI is InChI=1S/C21H20Cl3F3O3/c1-20(2,14-10-16(23)19(17(24)11-14)29-9-3-8-22)13-4-6-15(7-5-13)30-12-18(28)21(25,26)27/h4-7,10-11H,3,8-9,12H2,1-2H3. The van der Waals surface area contributed by atoms with Crippen LogP contribution in [-0.2, 0) is 10.2 Å². The number of Topliss-reactive ketones (excluding diaryl/α,β-unsaturated/α-hetero) is 1. The quantitative estimate of drug-likeness (QED) is 0.289. The maximum absolute atomic E-state index is 12.3. The SMILES string of the molecule is CC(C)(c1ccc(OCC(=O)C(F)(F)F)cc1)c1cc(Cl)c(OCCCCl)c(Cl)c1. The molecule has 0 amide bonds. The third kappa shape index (κ3) is 6.19. The fourth-order valence-electron chi connectivity index (χ4n) is 2.65. The molecule has 0 aromatic heterocycles. The van der Waals surface area contributed by atoms with Crippen molar-refractivity contribution in [1.29, 1.82) is 0 Å². The highest BCUT2D eigenvalue weighted by molar-refractivity contribution is 6.37. The number of halogens is 6. The minimum absolute atomic E-state index is 0.159. The van der Waals surface area contributed by atoms with E-state index < -0.39 is 24.0 Å². The van der Waals surface area contributed by atoms with Crippen LogP contribution in [0, 0.1) is 0 Å². The highest BCUT2D eigenvalue weighted by Crippen LogP contribution is 2.40. The van der Waals surface area contributed by atoms with E-state index in [2.05, 4.69) is 0 Å². The van der Waals surface area contributed by atoms with Crippen LogP contribution >= 0.6 is 34.8 Å². The molecule has 0 radical (unpaired) electrons. The van der Waals surface area contributed by atoms with Crippen LogP contribution in [0.25, 0.3) is 0 Å². The predicted octanol–water partition coefficient (Wildman–Crippen LogP) is 6.84. The molecule has 2 aromatic rings. The van der Waals surface area contributed by atoms with Gasteiger partial charge in [0.2, 0.25) is 0 Å². The van der Waals surface area contributed by atoms with E-state index in [9.17, 15) is 18.0 Å². The Bertz CT molecular complexity index is 858. The van der Waals surface area contributed by atoms with Crippen molar-refractivity contribution in [3.63, 3.8) is 0 Å². The number of rotatable bonds is 9. The molecule has 2 aromatic carbocycles. The van der Waals surface area contributed by atoms with Crippen molar-refractivity contribution in [2.75, 3.05) is 19.1 Å². The molecule has 9 heteroatoms. The van der Waals surface area contributed by atoms with Gasteiger partial charge in [0.05, 0.1) is 16.7 Å². The maximum atomic E-state index is 12.3. The van der Waals surface area contributed by atoms with Gasteiger partial charge in [-0.15, -0.1) is 11.6 Å². The molecular formula is C21H20Cl3F3O3. The molecule has 0 spiro atoms. The predicted molar refractivity (Wildman–Crippen MR) is 112 cm³/mol. The molecule has 164 valence electrons. The molecule has 0 bridgehead atoms. The summed E-state index contributed by atoms with van der Waals surface area (Å²) in [6.45, 7) is 3.23. The van der Waals surface area contributed by atoms with Gasteiger partial charge in [0, 0.05) is 11.3 Å². The molecule has 0 saturated carbocycles. The molecule has 0 fully saturated rings. The normalized spacial score (nSPS) is 12.0. The van der Waals surface area contributed by atoms with Gasteiger partial charge in [0.1, 0.15) is 5.75 Å². The van der Waals surface area contributed by atoms with Crippen LogP contribution in [0.1, 0.15) is 31.4 Å². The topological polar surface area (TPSA) is 35.5 Å². The lowest BCUT2D eigenvalue weighted by molar-refractivity contribution is -0.173. The number of hydrogen-bond donors (Lipinski definition) is 0. The number of carbonyl (C=O) groups is 1. The summed E-state index contributed by atoms with van der Waals surface area (Å²) in [4.78, 5) is 10.9. The van der Waals surface area contributed by atoms with Crippen LogP contribution in [-0.4, -0.2) is 31.1 Å². The number of ketones is 1. The van der Waals surface area contributed by atoms with Gasteiger partial charge in [0.15, 0.2) is 12.4 Å². The van der Waals surface area contributed by atoms with Gasteiger partial charge in [-0.1, -0.05) is 49.2 Å². The van der Waals surface area contributed by atoms with Crippen LogP contribution in [0.2, 0.25) is 10.0 Å².